The number of carbonyl (C=O) groups is 1. The Kier molecular flexibility index (Phi) is 5.33. The Bertz CT molecular complexity index is 607. The van der Waals surface area contributed by atoms with E-state index in [1.807, 2.05) is 35.9 Å². The average Bonchev–Trinajstić information content (AvgIpc) is 2.84. The molecule has 0 saturated carbocycles. The molecule has 0 aliphatic heterocycles. The van der Waals surface area contributed by atoms with Gasteiger partial charge in [-0.05, 0) is 32.4 Å². The molecule has 5 nitrogen and oxygen atoms in total. The number of fused-ring (bicyclic) bond motifs is 1. The largest absolute Gasteiger partial charge is 0.481 e. The fourth-order valence-electron chi connectivity index (χ4n) is 2.67. The van der Waals surface area contributed by atoms with E-state index in [4.69, 9.17) is 5.73 Å². The lowest BCUT2D eigenvalue weighted by molar-refractivity contribution is -0.142. The van der Waals surface area contributed by atoms with Gasteiger partial charge in [0.1, 0.15) is 0 Å². The number of rotatable bonds is 8. The lowest BCUT2D eigenvalue weighted by Gasteiger charge is -2.10. The number of benzene rings is 1. The normalized spacial score (nSPS) is 12.7. The summed E-state index contributed by atoms with van der Waals surface area (Å²) in [6.45, 7) is 3.43. The van der Waals surface area contributed by atoms with Crippen LogP contribution in [0.4, 0.5) is 0 Å². The summed E-state index contributed by atoms with van der Waals surface area (Å²) in [5.74, 6) is -1.14. The number of aryl methyl sites for hydroxylation is 1. The zero-order valence-electron chi connectivity index (χ0n) is 12.5. The molecule has 1 heterocycles. The standard InChI is InChI=1S/C16H23N3O2/c1-2-19-15-9-4-3-8-13(15)14(18-19)11-12(16(20)21)7-5-6-10-17/h3-4,8-9,12H,2,5-7,10-11,17H2,1H3,(H,20,21). The van der Waals surface area contributed by atoms with Gasteiger partial charge in [0.25, 0.3) is 0 Å². The molecule has 0 aliphatic rings. The Hall–Kier alpha value is -1.88. The molecule has 2 rings (SSSR count). The highest BCUT2D eigenvalue weighted by Crippen LogP contribution is 2.23. The van der Waals surface area contributed by atoms with Gasteiger partial charge >= 0.3 is 5.97 Å². The lowest BCUT2D eigenvalue weighted by Crippen LogP contribution is -2.17. The van der Waals surface area contributed by atoms with Gasteiger partial charge in [0.05, 0.1) is 17.1 Å². The van der Waals surface area contributed by atoms with Gasteiger partial charge in [-0.3, -0.25) is 9.48 Å². The molecule has 1 atom stereocenters. The van der Waals surface area contributed by atoms with E-state index in [1.165, 1.54) is 0 Å². The van der Waals surface area contributed by atoms with E-state index in [0.29, 0.717) is 19.4 Å². The van der Waals surface area contributed by atoms with Gasteiger partial charge in [0.2, 0.25) is 0 Å². The van der Waals surface area contributed by atoms with Crippen LogP contribution in [-0.2, 0) is 17.8 Å². The summed E-state index contributed by atoms with van der Waals surface area (Å²) in [5.41, 5.74) is 7.43. The van der Waals surface area contributed by atoms with Crippen LogP contribution in [0.5, 0.6) is 0 Å². The summed E-state index contributed by atoms with van der Waals surface area (Å²) >= 11 is 0. The van der Waals surface area contributed by atoms with Gasteiger partial charge in [0.15, 0.2) is 0 Å². The average molecular weight is 289 g/mol. The summed E-state index contributed by atoms with van der Waals surface area (Å²) in [5, 5.41) is 15.1. The SMILES string of the molecule is CCn1nc(CC(CCCCN)C(=O)O)c2ccccc21. The molecule has 0 saturated heterocycles. The number of hydrogen-bond donors (Lipinski definition) is 2. The molecule has 3 N–H and O–H groups in total. The van der Waals surface area contributed by atoms with Crippen LogP contribution in [0.2, 0.25) is 0 Å². The quantitative estimate of drug-likeness (QED) is 0.731. The van der Waals surface area contributed by atoms with Crippen LogP contribution < -0.4 is 5.73 Å². The maximum Gasteiger partial charge on any atom is 0.306 e. The number of unbranched alkanes of at least 4 members (excludes halogenated alkanes) is 1. The summed E-state index contributed by atoms with van der Waals surface area (Å²) in [6, 6.07) is 8.00. The highest BCUT2D eigenvalue weighted by molar-refractivity contribution is 5.82. The minimum atomic E-state index is -0.748. The number of aliphatic carboxylic acids is 1. The smallest absolute Gasteiger partial charge is 0.306 e. The zero-order valence-corrected chi connectivity index (χ0v) is 12.5. The van der Waals surface area contributed by atoms with Crippen LogP contribution in [0.1, 0.15) is 31.9 Å². The number of para-hydroxylation sites is 1. The Morgan fingerprint density at radius 2 is 2.14 bits per heavy atom. The number of carboxylic acids is 1. The highest BCUT2D eigenvalue weighted by Gasteiger charge is 2.21. The number of nitrogens with two attached hydrogens (primary N) is 1. The molecule has 1 aromatic heterocycles. The van der Waals surface area contributed by atoms with Crippen LogP contribution >= 0.6 is 0 Å². The van der Waals surface area contributed by atoms with Crippen molar-refractivity contribution in [3.63, 3.8) is 0 Å². The van der Waals surface area contributed by atoms with E-state index in [1.54, 1.807) is 0 Å². The van der Waals surface area contributed by atoms with Crippen molar-refractivity contribution in [3.05, 3.63) is 30.0 Å². The fraction of sp³-hybridized carbons (Fsp3) is 0.500. The second kappa shape index (κ2) is 7.22. The van der Waals surface area contributed by atoms with Crippen molar-refractivity contribution in [1.29, 1.82) is 0 Å². The molecule has 114 valence electrons. The van der Waals surface area contributed by atoms with Crippen LogP contribution in [0, 0.1) is 5.92 Å². The third-order valence-corrected chi connectivity index (χ3v) is 3.83. The van der Waals surface area contributed by atoms with Crippen LogP contribution in [0.15, 0.2) is 24.3 Å². The zero-order chi connectivity index (χ0) is 15.2. The molecular formula is C16H23N3O2. The van der Waals surface area contributed by atoms with Crippen molar-refractivity contribution >= 4 is 16.9 Å². The van der Waals surface area contributed by atoms with Gasteiger partial charge in [-0.1, -0.05) is 24.6 Å². The van der Waals surface area contributed by atoms with Crippen molar-refractivity contribution in [2.75, 3.05) is 6.54 Å². The third-order valence-electron chi connectivity index (χ3n) is 3.83. The number of aromatic nitrogens is 2. The minimum Gasteiger partial charge on any atom is -0.481 e. The van der Waals surface area contributed by atoms with E-state index < -0.39 is 5.97 Å². The maximum absolute atomic E-state index is 11.4. The molecular weight excluding hydrogens is 266 g/mol. The van der Waals surface area contributed by atoms with Gasteiger partial charge in [0, 0.05) is 18.4 Å². The monoisotopic (exact) mass is 289 g/mol. The summed E-state index contributed by atoms with van der Waals surface area (Å²) < 4.78 is 1.93. The molecule has 0 bridgehead atoms. The van der Waals surface area contributed by atoms with Crippen LogP contribution in [0.25, 0.3) is 10.9 Å². The summed E-state index contributed by atoms with van der Waals surface area (Å²) in [6.07, 6.45) is 2.85. The van der Waals surface area contributed by atoms with Crippen LogP contribution in [-0.4, -0.2) is 27.4 Å². The number of hydrogen-bond acceptors (Lipinski definition) is 3. The third kappa shape index (κ3) is 3.61. The predicted octanol–water partition coefficient (Wildman–Crippen LogP) is 2.43. The Morgan fingerprint density at radius 3 is 2.81 bits per heavy atom. The van der Waals surface area contributed by atoms with Crippen molar-refractivity contribution in [2.45, 2.75) is 39.2 Å². The molecule has 0 radical (unpaired) electrons. The van der Waals surface area contributed by atoms with Gasteiger partial charge in [-0.2, -0.15) is 5.10 Å². The van der Waals surface area contributed by atoms with E-state index in [2.05, 4.69) is 5.10 Å². The van der Waals surface area contributed by atoms with E-state index in [9.17, 15) is 9.90 Å². The number of carboxylic acid groups (broad SMARTS) is 1. The van der Waals surface area contributed by atoms with Gasteiger partial charge in [-0.25, -0.2) is 0 Å². The first kappa shape index (κ1) is 15.5. The lowest BCUT2D eigenvalue weighted by atomic mass is 9.95. The Balaban J connectivity index is 2.22. The van der Waals surface area contributed by atoms with Crippen molar-refractivity contribution in [3.8, 4) is 0 Å². The van der Waals surface area contributed by atoms with E-state index in [0.717, 1.165) is 36.0 Å². The predicted molar refractivity (Wildman–Crippen MR) is 83.1 cm³/mol. The Morgan fingerprint density at radius 1 is 1.38 bits per heavy atom. The van der Waals surface area contributed by atoms with Crippen molar-refractivity contribution in [1.82, 2.24) is 9.78 Å². The highest BCUT2D eigenvalue weighted by atomic mass is 16.4. The van der Waals surface area contributed by atoms with Crippen molar-refractivity contribution in [2.24, 2.45) is 11.7 Å². The van der Waals surface area contributed by atoms with Gasteiger partial charge in [-0.15, -0.1) is 0 Å². The molecule has 0 amide bonds. The molecule has 2 aromatic rings. The molecule has 0 fully saturated rings. The van der Waals surface area contributed by atoms with Crippen molar-refractivity contribution < 1.29 is 9.90 Å². The number of nitrogens with zero attached hydrogens (tertiary/aromatic N) is 2. The maximum atomic E-state index is 11.4. The first-order valence-electron chi connectivity index (χ1n) is 7.54. The molecule has 1 unspecified atom stereocenters. The molecule has 1 aromatic carbocycles. The minimum absolute atomic E-state index is 0.389. The first-order chi connectivity index (χ1) is 10.2. The first-order valence-corrected chi connectivity index (χ1v) is 7.54. The second-order valence-corrected chi connectivity index (χ2v) is 5.30. The summed E-state index contributed by atoms with van der Waals surface area (Å²) in [7, 11) is 0. The van der Waals surface area contributed by atoms with E-state index >= 15 is 0 Å². The second-order valence-electron chi connectivity index (χ2n) is 5.30. The molecule has 5 heteroatoms. The molecule has 0 spiro atoms. The molecule has 0 aliphatic carbocycles. The molecule has 21 heavy (non-hydrogen) atoms. The topological polar surface area (TPSA) is 81.1 Å². The Labute approximate surface area is 124 Å². The summed E-state index contributed by atoms with van der Waals surface area (Å²) in [4.78, 5) is 11.4. The fourth-order valence-corrected chi connectivity index (χ4v) is 2.67. The van der Waals surface area contributed by atoms with Crippen LogP contribution in [0.3, 0.4) is 0 Å². The van der Waals surface area contributed by atoms with E-state index in [-0.39, 0.29) is 5.92 Å². The van der Waals surface area contributed by atoms with Gasteiger partial charge < -0.3 is 10.8 Å².